The van der Waals surface area contributed by atoms with Crippen molar-refractivity contribution in [2.24, 2.45) is 7.05 Å². The maximum atomic E-state index is 4.18. The topological polar surface area (TPSA) is 33.1 Å². The third-order valence-electron chi connectivity index (χ3n) is 2.36. The van der Waals surface area contributed by atoms with Crippen LogP contribution in [-0.2, 0) is 7.05 Å². The van der Waals surface area contributed by atoms with Gasteiger partial charge in [0, 0.05) is 31.6 Å². The molecule has 0 saturated carbocycles. The van der Waals surface area contributed by atoms with Gasteiger partial charge in [-0.05, 0) is 6.42 Å². The predicted molar refractivity (Wildman–Crippen MR) is 56.2 cm³/mol. The van der Waals surface area contributed by atoms with Crippen LogP contribution in [0.25, 0.3) is 5.70 Å². The van der Waals surface area contributed by atoms with Gasteiger partial charge in [0.2, 0.25) is 0 Å². The predicted octanol–water partition coefficient (Wildman–Crippen LogP) is 0.991. The van der Waals surface area contributed by atoms with E-state index in [4.69, 9.17) is 0 Å². The first-order valence-electron chi connectivity index (χ1n) is 4.99. The highest BCUT2D eigenvalue weighted by Crippen LogP contribution is 2.20. The molecule has 0 amide bonds. The minimum absolute atomic E-state index is 0.915. The second-order valence-electron chi connectivity index (χ2n) is 3.56. The summed E-state index contributed by atoms with van der Waals surface area (Å²) in [6, 6.07) is 0. The molecular formula is C10H16N4. The summed E-state index contributed by atoms with van der Waals surface area (Å²) in [6.07, 6.45) is 7.18. The highest BCUT2D eigenvalue weighted by Gasteiger charge is 2.16. The van der Waals surface area contributed by atoms with E-state index in [9.17, 15) is 0 Å². The zero-order valence-corrected chi connectivity index (χ0v) is 8.70. The highest BCUT2D eigenvalue weighted by molar-refractivity contribution is 5.64. The number of nitrogens with zero attached hydrogens (tertiary/aromatic N) is 3. The van der Waals surface area contributed by atoms with Crippen LogP contribution >= 0.6 is 0 Å². The molecule has 0 bridgehead atoms. The van der Waals surface area contributed by atoms with Gasteiger partial charge in [0.15, 0.2) is 0 Å². The van der Waals surface area contributed by atoms with E-state index in [1.54, 1.807) is 0 Å². The molecule has 4 nitrogen and oxygen atoms in total. The molecule has 1 aliphatic rings. The van der Waals surface area contributed by atoms with Gasteiger partial charge >= 0.3 is 0 Å². The summed E-state index contributed by atoms with van der Waals surface area (Å²) in [5.74, 6) is 0. The molecule has 0 saturated heterocycles. The fraction of sp³-hybridized carbons (Fsp3) is 0.500. The van der Waals surface area contributed by atoms with E-state index in [2.05, 4.69) is 28.4 Å². The zero-order valence-electron chi connectivity index (χ0n) is 8.70. The first kappa shape index (κ1) is 9.12. The van der Waals surface area contributed by atoms with Crippen LogP contribution in [0.1, 0.15) is 18.9 Å². The molecule has 0 radical (unpaired) electrons. The Bertz CT molecular complexity index is 340. The molecule has 0 aromatic carbocycles. The quantitative estimate of drug-likeness (QED) is 0.775. The van der Waals surface area contributed by atoms with Gasteiger partial charge in [-0.2, -0.15) is 5.10 Å². The van der Waals surface area contributed by atoms with Crippen LogP contribution in [0.5, 0.6) is 0 Å². The first-order chi connectivity index (χ1) is 6.81. The molecule has 0 spiro atoms. The number of aromatic nitrogens is 2. The average Bonchev–Trinajstić information content (AvgIpc) is 2.74. The molecule has 1 N–H and O–H groups in total. The highest BCUT2D eigenvalue weighted by atomic mass is 15.3. The molecule has 2 heterocycles. The van der Waals surface area contributed by atoms with Crippen molar-refractivity contribution in [1.29, 1.82) is 0 Å². The van der Waals surface area contributed by atoms with Crippen LogP contribution in [0.2, 0.25) is 0 Å². The molecular weight excluding hydrogens is 176 g/mol. The van der Waals surface area contributed by atoms with Gasteiger partial charge in [0.25, 0.3) is 0 Å². The lowest BCUT2D eigenvalue weighted by atomic mass is 10.2. The molecule has 14 heavy (non-hydrogen) atoms. The Kier molecular flexibility index (Phi) is 2.43. The Morgan fingerprint density at radius 1 is 1.57 bits per heavy atom. The van der Waals surface area contributed by atoms with Crippen LogP contribution in [0, 0.1) is 0 Å². The summed E-state index contributed by atoms with van der Waals surface area (Å²) in [6.45, 7) is 4.20. The van der Waals surface area contributed by atoms with Gasteiger partial charge in [-0.1, -0.05) is 6.92 Å². The molecule has 76 valence electrons. The van der Waals surface area contributed by atoms with E-state index in [-0.39, 0.29) is 0 Å². The van der Waals surface area contributed by atoms with Crippen LogP contribution in [0.3, 0.4) is 0 Å². The standard InChI is InChI=1S/C10H16N4/c1-3-4-14-8-11-6-10(14)9-5-12-13(2)7-9/h5-7,11H,3-4,8H2,1-2H3. The Balaban J connectivity index is 2.17. The smallest absolute Gasteiger partial charge is 0.0872 e. The van der Waals surface area contributed by atoms with Gasteiger partial charge < -0.3 is 10.2 Å². The molecule has 0 atom stereocenters. The number of aryl methyl sites for hydroxylation is 1. The summed E-state index contributed by atoms with van der Waals surface area (Å²) >= 11 is 0. The van der Waals surface area contributed by atoms with Crippen molar-refractivity contribution < 1.29 is 0 Å². The first-order valence-corrected chi connectivity index (χ1v) is 4.99. The summed E-state index contributed by atoms with van der Waals surface area (Å²) in [5, 5.41) is 7.42. The third kappa shape index (κ3) is 1.60. The van der Waals surface area contributed by atoms with Gasteiger partial charge in [0.1, 0.15) is 0 Å². The molecule has 0 aliphatic carbocycles. The lowest BCUT2D eigenvalue weighted by Crippen LogP contribution is -2.23. The summed E-state index contributed by atoms with van der Waals surface area (Å²) in [4.78, 5) is 2.33. The Morgan fingerprint density at radius 2 is 2.43 bits per heavy atom. The molecule has 1 aliphatic heterocycles. The number of rotatable bonds is 3. The monoisotopic (exact) mass is 192 g/mol. The van der Waals surface area contributed by atoms with Crippen LogP contribution in [-0.4, -0.2) is 27.9 Å². The average molecular weight is 192 g/mol. The Hall–Kier alpha value is -1.45. The molecule has 0 unspecified atom stereocenters. The normalized spacial score (nSPS) is 15.6. The van der Waals surface area contributed by atoms with E-state index < -0.39 is 0 Å². The van der Waals surface area contributed by atoms with Crippen molar-refractivity contribution >= 4 is 5.70 Å². The van der Waals surface area contributed by atoms with Crippen LogP contribution in [0.15, 0.2) is 18.6 Å². The SMILES string of the molecule is CCCN1CNC=C1c1cnn(C)c1. The third-order valence-corrected chi connectivity index (χ3v) is 2.36. The van der Waals surface area contributed by atoms with E-state index in [0.717, 1.165) is 13.2 Å². The molecule has 1 aromatic rings. The van der Waals surface area contributed by atoms with Gasteiger partial charge in [-0.15, -0.1) is 0 Å². The van der Waals surface area contributed by atoms with Gasteiger partial charge in [0.05, 0.1) is 18.6 Å². The van der Waals surface area contributed by atoms with Crippen molar-refractivity contribution in [2.45, 2.75) is 13.3 Å². The second kappa shape index (κ2) is 3.74. The maximum absolute atomic E-state index is 4.18. The van der Waals surface area contributed by atoms with Crippen molar-refractivity contribution in [1.82, 2.24) is 20.0 Å². The molecule has 0 fully saturated rings. The maximum Gasteiger partial charge on any atom is 0.0872 e. The molecule has 2 rings (SSSR count). The fourth-order valence-electron chi connectivity index (χ4n) is 1.72. The molecule has 4 heteroatoms. The van der Waals surface area contributed by atoms with Crippen molar-refractivity contribution in [3.05, 3.63) is 24.2 Å². The van der Waals surface area contributed by atoms with Crippen LogP contribution < -0.4 is 5.32 Å². The van der Waals surface area contributed by atoms with Crippen molar-refractivity contribution in [3.63, 3.8) is 0 Å². The minimum Gasteiger partial charge on any atom is -0.372 e. The summed E-state index contributed by atoms with van der Waals surface area (Å²) in [5.41, 5.74) is 2.44. The minimum atomic E-state index is 0.915. The van der Waals surface area contributed by atoms with Crippen LogP contribution in [0.4, 0.5) is 0 Å². The van der Waals surface area contributed by atoms with Gasteiger partial charge in [-0.25, -0.2) is 0 Å². The Morgan fingerprint density at radius 3 is 3.07 bits per heavy atom. The lowest BCUT2D eigenvalue weighted by molar-refractivity contribution is 0.408. The van der Waals surface area contributed by atoms with Crippen molar-refractivity contribution in [2.75, 3.05) is 13.2 Å². The summed E-state index contributed by atoms with van der Waals surface area (Å²) in [7, 11) is 1.94. The summed E-state index contributed by atoms with van der Waals surface area (Å²) < 4.78 is 1.83. The molecule has 1 aromatic heterocycles. The van der Waals surface area contributed by atoms with Gasteiger partial charge in [-0.3, -0.25) is 4.68 Å². The zero-order chi connectivity index (χ0) is 9.97. The van der Waals surface area contributed by atoms with Crippen molar-refractivity contribution in [3.8, 4) is 0 Å². The van der Waals surface area contributed by atoms with E-state index >= 15 is 0 Å². The largest absolute Gasteiger partial charge is 0.372 e. The Labute approximate surface area is 84.2 Å². The van der Waals surface area contributed by atoms with E-state index in [1.807, 2.05) is 24.1 Å². The van der Waals surface area contributed by atoms with E-state index in [1.165, 1.54) is 17.7 Å². The fourth-order valence-corrected chi connectivity index (χ4v) is 1.72. The lowest BCUT2D eigenvalue weighted by Gasteiger charge is -2.19. The number of nitrogens with one attached hydrogen (secondary N) is 1. The number of hydrogen-bond acceptors (Lipinski definition) is 3. The second-order valence-corrected chi connectivity index (χ2v) is 3.56. The van der Waals surface area contributed by atoms with E-state index in [0.29, 0.717) is 0 Å². The number of hydrogen-bond donors (Lipinski definition) is 1.